The van der Waals surface area contributed by atoms with Gasteiger partial charge in [-0.05, 0) is 48.5 Å². The zero-order chi connectivity index (χ0) is 28.5. The van der Waals surface area contributed by atoms with Gasteiger partial charge in [-0.2, -0.15) is 0 Å². The smallest absolute Gasteiger partial charge is 0.253 e. The third kappa shape index (κ3) is 6.38. The van der Waals surface area contributed by atoms with Gasteiger partial charge in [0.15, 0.2) is 34.5 Å². The van der Waals surface area contributed by atoms with Crippen LogP contribution in [-0.4, -0.2) is 61.6 Å². The predicted molar refractivity (Wildman–Crippen MR) is 143 cm³/mol. The molecule has 0 radical (unpaired) electrons. The van der Waals surface area contributed by atoms with Crippen LogP contribution in [0, 0.1) is 0 Å². The van der Waals surface area contributed by atoms with Gasteiger partial charge < -0.3 is 43.8 Å². The van der Waals surface area contributed by atoms with Gasteiger partial charge in [-0.25, -0.2) is 0 Å². The average molecular weight is 541 g/mol. The fourth-order valence-corrected chi connectivity index (χ4v) is 3.85. The van der Waals surface area contributed by atoms with Crippen LogP contribution < -0.4 is 43.8 Å². The summed E-state index contributed by atoms with van der Waals surface area (Å²) in [5.41, 5.74) is 1.03. The summed E-state index contributed by atoms with van der Waals surface area (Å²) >= 11 is 0. The highest BCUT2D eigenvalue weighted by atomic mass is 16.5. The van der Waals surface area contributed by atoms with Crippen LogP contribution in [0.1, 0.15) is 32.4 Å². The Labute approximate surface area is 226 Å². The van der Waals surface area contributed by atoms with Crippen molar-refractivity contribution in [3.63, 3.8) is 0 Å². The van der Waals surface area contributed by atoms with E-state index in [-0.39, 0.29) is 11.1 Å². The summed E-state index contributed by atoms with van der Waals surface area (Å²) in [6.45, 7) is 0. The quantitative estimate of drug-likeness (QED) is 0.332. The number of hydrogen-bond donors (Lipinski definition) is 2. The molecule has 0 aliphatic rings. The van der Waals surface area contributed by atoms with Crippen LogP contribution in [0.15, 0.2) is 48.5 Å². The minimum atomic E-state index is -1.01. The number of hydrogen-bond acceptors (Lipinski definition) is 9. The summed E-state index contributed by atoms with van der Waals surface area (Å²) < 4.78 is 37.5. The lowest BCUT2D eigenvalue weighted by Gasteiger charge is -2.23. The molecule has 0 unspecified atom stereocenters. The summed E-state index contributed by atoms with van der Waals surface area (Å²) in [6, 6.07) is 12.7. The van der Waals surface area contributed by atoms with Gasteiger partial charge in [0.05, 0.1) is 49.8 Å². The van der Waals surface area contributed by atoms with Crippen LogP contribution in [0.4, 0.5) is 0 Å². The van der Waals surface area contributed by atoms with Crippen molar-refractivity contribution in [3.8, 4) is 40.2 Å². The number of amides is 2. The number of carbonyl (C=O) groups is 2. The van der Waals surface area contributed by atoms with E-state index in [1.807, 2.05) is 0 Å². The van der Waals surface area contributed by atoms with Crippen molar-refractivity contribution in [1.29, 1.82) is 0 Å². The first kappa shape index (κ1) is 28.8. The molecule has 0 fully saturated rings. The van der Waals surface area contributed by atoms with Gasteiger partial charge in [-0.3, -0.25) is 9.59 Å². The van der Waals surface area contributed by atoms with Crippen molar-refractivity contribution in [2.45, 2.75) is 6.17 Å². The predicted octanol–water partition coefficient (Wildman–Crippen LogP) is 3.61. The van der Waals surface area contributed by atoms with Gasteiger partial charge in [0.25, 0.3) is 11.8 Å². The number of nitrogens with one attached hydrogen (secondary N) is 2. The number of rotatable bonds is 12. The second kappa shape index (κ2) is 13.1. The molecule has 0 spiro atoms. The third-order valence-corrected chi connectivity index (χ3v) is 5.86. The van der Waals surface area contributed by atoms with Crippen LogP contribution >= 0.6 is 0 Å². The molecule has 0 bridgehead atoms. The van der Waals surface area contributed by atoms with Crippen LogP contribution in [0.3, 0.4) is 0 Å². The molecule has 0 atom stereocenters. The molecule has 0 saturated heterocycles. The van der Waals surface area contributed by atoms with Crippen LogP contribution in [-0.2, 0) is 0 Å². The minimum Gasteiger partial charge on any atom is -0.493 e. The second-order valence-corrected chi connectivity index (χ2v) is 7.98. The fourth-order valence-electron chi connectivity index (χ4n) is 3.85. The van der Waals surface area contributed by atoms with E-state index in [1.54, 1.807) is 36.4 Å². The van der Waals surface area contributed by atoms with E-state index >= 15 is 0 Å². The number of methoxy groups -OCH3 is 7. The Kier molecular flexibility index (Phi) is 9.69. The first-order valence-electron chi connectivity index (χ1n) is 11.7. The Hall–Kier alpha value is -4.80. The standard InChI is InChI=1S/C28H32N2O9/c1-33-19-10-8-16(12-21(19)35-3)27(31)29-26(18-14-23(37-5)25(39-7)24(15-18)38-6)30-28(32)17-9-11-20(34-2)22(13-17)36-4/h8-15,26H,1-7H3,(H,29,31)(H,30,32). The highest BCUT2D eigenvalue weighted by Crippen LogP contribution is 2.39. The number of benzene rings is 3. The van der Waals surface area contributed by atoms with Gasteiger partial charge in [0.1, 0.15) is 6.17 Å². The SMILES string of the molecule is COc1ccc(C(=O)NC(NC(=O)c2ccc(OC)c(OC)c2)c2cc(OC)c(OC)c(OC)c2)cc1OC. The molecule has 2 N–H and O–H groups in total. The molecule has 0 aliphatic carbocycles. The topological polar surface area (TPSA) is 123 Å². The first-order valence-corrected chi connectivity index (χ1v) is 11.7. The molecular weight excluding hydrogens is 508 g/mol. The summed E-state index contributed by atoms with van der Waals surface area (Å²) in [7, 11) is 10.4. The number of ether oxygens (including phenoxy) is 7. The molecule has 3 rings (SSSR count). The lowest BCUT2D eigenvalue weighted by Crippen LogP contribution is -2.41. The van der Waals surface area contributed by atoms with E-state index in [1.165, 1.54) is 61.9 Å². The molecule has 39 heavy (non-hydrogen) atoms. The van der Waals surface area contributed by atoms with Crippen LogP contribution in [0.2, 0.25) is 0 Å². The lowest BCUT2D eigenvalue weighted by molar-refractivity contribution is 0.0882. The maximum atomic E-state index is 13.3. The Bertz CT molecular complexity index is 1230. The molecule has 0 heterocycles. The monoisotopic (exact) mass is 540 g/mol. The van der Waals surface area contributed by atoms with E-state index in [2.05, 4.69) is 10.6 Å². The second-order valence-electron chi connectivity index (χ2n) is 7.98. The van der Waals surface area contributed by atoms with Crippen LogP contribution in [0.5, 0.6) is 40.2 Å². The van der Waals surface area contributed by atoms with Crippen LogP contribution in [0.25, 0.3) is 0 Å². The molecule has 0 aliphatic heterocycles. The lowest BCUT2D eigenvalue weighted by atomic mass is 10.1. The molecule has 11 heteroatoms. The van der Waals surface area contributed by atoms with Crippen molar-refractivity contribution in [3.05, 3.63) is 65.2 Å². The van der Waals surface area contributed by atoms with Gasteiger partial charge in [-0.15, -0.1) is 0 Å². The summed E-state index contributed by atoms with van der Waals surface area (Å²) in [5.74, 6) is 1.78. The van der Waals surface area contributed by atoms with Crippen molar-refractivity contribution >= 4 is 11.8 Å². The first-order chi connectivity index (χ1) is 18.8. The van der Waals surface area contributed by atoms with E-state index in [0.717, 1.165) is 0 Å². The summed E-state index contributed by atoms with van der Waals surface area (Å²) in [5, 5.41) is 5.71. The van der Waals surface area contributed by atoms with Crippen molar-refractivity contribution in [2.24, 2.45) is 0 Å². The molecule has 3 aromatic carbocycles. The normalized spacial score (nSPS) is 10.4. The molecule has 0 saturated carbocycles. The number of carbonyl (C=O) groups excluding carboxylic acids is 2. The van der Waals surface area contributed by atoms with Crippen molar-refractivity contribution in [1.82, 2.24) is 10.6 Å². The molecule has 11 nitrogen and oxygen atoms in total. The fraction of sp³-hybridized carbons (Fsp3) is 0.286. The molecule has 2 amide bonds. The van der Waals surface area contributed by atoms with E-state index < -0.39 is 18.0 Å². The molecular formula is C28H32N2O9. The highest BCUT2D eigenvalue weighted by molar-refractivity contribution is 5.97. The molecule has 208 valence electrons. The summed E-state index contributed by atoms with van der Waals surface area (Å²) in [4.78, 5) is 26.7. The van der Waals surface area contributed by atoms with Gasteiger partial charge in [-0.1, -0.05) is 0 Å². The molecule has 0 aromatic heterocycles. The van der Waals surface area contributed by atoms with E-state index in [0.29, 0.717) is 45.8 Å². The van der Waals surface area contributed by atoms with Gasteiger partial charge in [0.2, 0.25) is 5.75 Å². The maximum absolute atomic E-state index is 13.3. The van der Waals surface area contributed by atoms with Crippen molar-refractivity contribution < 1.29 is 42.7 Å². The largest absolute Gasteiger partial charge is 0.493 e. The Morgan fingerprint density at radius 3 is 1.23 bits per heavy atom. The van der Waals surface area contributed by atoms with Gasteiger partial charge >= 0.3 is 0 Å². The third-order valence-electron chi connectivity index (χ3n) is 5.86. The maximum Gasteiger partial charge on any atom is 0.253 e. The zero-order valence-corrected chi connectivity index (χ0v) is 22.9. The minimum absolute atomic E-state index is 0.283. The highest BCUT2D eigenvalue weighted by Gasteiger charge is 2.24. The van der Waals surface area contributed by atoms with Gasteiger partial charge in [0, 0.05) is 16.7 Å². The summed E-state index contributed by atoms with van der Waals surface area (Å²) in [6.07, 6.45) is -1.01. The Balaban J connectivity index is 2.03. The Morgan fingerprint density at radius 1 is 0.513 bits per heavy atom. The average Bonchev–Trinajstić information content (AvgIpc) is 2.98. The van der Waals surface area contributed by atoms with E-state index in [4.69, 9.17) is 33.2 Å². The Morgan fingerprint density at radius 2 is 0.897 bits per heavy atom. The molecule has 3 aromatic rings. The van der Waals surface area contributed by atoms with E-state index in [9.17, 15) is 9.59 Å². The van der Waals surface area contributed by atoms with Crippen molar-refractivity contribution in [2.75, 3.05) is 49.8 Å². The zero-order valence-electron chi connectivity index (χ0n) is 22.9.